The summed E-state index contributed by atoms with van der Waals surface area (Å²) in [6.45, 7) is 5.11. The minimum Gasteiger partial charge on any atom is -0.457 e. The maximum Gasteiger partial charge on any atom is 0.306 e. The quantitative estimate of drug-likeness (QED) is 0.0963. The molecule has 33 heavy (non-hydrogen) atoms. The van der Waals surface area contributed by atoms with Gasteiger partial charge in [-0.15, -0.1) is 0 Å². The number of esters is 1. The highest BCUT2D eigenvalue weighted by Crippen LogP contribution is 2.07. The number of carbonyl (C=O) groups is 1. The molecular formula is C29H50O4. The molecule has 0 saturated heterocycles. The Balaban J connectivity index is 3.63. The van der Waals surface area contributed by atoms with Gasteiger partial charge < -0.3 is 14.6 Å². The van der Waals surface area contributed by atoms with Crippen molar-refractivity contribution in [3.05, 3.63) is 48.6 Å². The van der Waals surface area contributed by atoms with Gasteiger partial charge in [0.15, 0.2) is 0 Å². The zero-order valence-electron chi connectivity index (χ0n) is 21.4. The van der Waals surface area contributed by atoms with E-state index in [-0.39, 0.29) is 19.2 Å². The zero-order chi connectivity index (χ0) is 24.2. The van der Waals surface area contributed by atoms with Crippen molar-refractivity contribution in [3.8, 4) is 0 Å². The monoisotopic (exact) mass is 462 g/mol. The summed E-state index contributed by atoms with van der Waals surface area (Å²) in [5.41, 5.74) is 0. The van der Waals surface area contributed by atoms with Gasteiger partial charge in [0.05, 0.1) is 13.2 Å². The largest absolute Gasteiger partial charge is 0.457 e. The first-order valence-corrected chi connectivity index (χ1v) is 13.2. The number of carbonyl (C=O) groups excluding carboxylic acids is 1. The van der Waals surface area contributed by atoms with Crippen LogP contribution in [0, 0.1) is 0 Å². The highest BCUT2D eigenvalue weighted by Gasteiger charge is 2.13. The van der Waals surface area contributed by atoms with Gasteiger partial charge >= 0.3 is 5.97 Å². The third-order valence-electron chi connectivity index (χ3n) is 5.17. The molecule has 0 rings (SSSR count). The highest BCUT2D eigenvalue weighted by atomic mass is 16.6. The number of allylic oxidation sites excluding steroid dienone is 8. The zero-order valence-corrected chi connectivity index (χ0v) is 21.4. The number of aliphatic hydroxyl groups is 1. The molecule has 0 aromatic heterocycles. The summed E-state index contributed by atoms with van der Waals surface area (Å²) >= 11 is 0. The molecule has 0 aliphatic carbocycles. The van der Waals surface area contributed by atoms with Gasteiger partial charge in [-0.1, -0.05) is 94.6 Å². The van der Waals surface area contributed by atoms with Gasteiger partial charge in [-0.25, -0.2) is 0 Å². The number of ether oxygens (including phenoxy) is 2. The van der Waals surface area contributed by atoms with Gasteiger partial charge in [-0.2, -0.15) is 0 Å². The number of rotatable bonds is 23. The fourth-order valence-corrected chi connectivity index (χ4v) is 3.20. The number of hydrogen-bond acceptors (Lipinski definition) is 4. The van der Waals surface area contributed by atoms with Crippen molar-refractivity contribution in [2.45, 2.75) is 110 Å². The summed E-state index contributed by atoms with van der Waals surface area (Å²) in [5, 5.41) is 9.40. The van der Waals surface area contributed by atoms with Crippen molar-refractivity contribution >= 4 is 5.97 Å². The summed E-state index contributed by atoms with van der Waals surface area (Å²) in [4.78, 5) is 12.0. The first kappa shape index (κ1) is 31.4. The average Bonchev–Trinajstić information content (AvgIpc) is 2.82. The van der Waals surface area contributed by atoms with Crippen molar-refractivity contribution in [2.75, 3.05) is 19.8 Å². The van der Waals surface area contributed by atoms with E-state index in [1.54, 1.807) is 0 Å². The van der Waals surface area contributed by atoms with Gasteiger partial charge in [-0.05, 0) is 51.4 Å². The summed E-state index contributed by atoms with van der Waals surface area (Å²) < 4.78 is 10.9. The Hall–Kier alpha value is -1.65. The second-order valence-corrected chi connectivity index (χ2v) is 8.38. The number of aliphatic hydroxyl groups excluding tert-OH is 1. The van der Waals surface area contributed by atoms with Crippen molar-refractivity contribution in [1.82, 2.24) is 0 Å². The maximum absolute atomic E-state index is 12.0. The standard InChI is InChI=1S/C29H50O4/c1-3-5-7-9-11-12-13-14-15-16-17-18-19-20-22-24-29(31)33-28(26-30)27-32-25-23-21-10-8-6-4-2/h5,7,11-12,14-15,17-18,28,30H,3-4,6,8-10,13,16,19-27H2,1-2H3/b7-5-,12-11-,15-14-,18-17-. The molecule has 190 valence electrons. The van der Waals surface area contributed by atoms with Crippen LogP contribution in [0.4, 0.5) is 0 Å². The summed E-state index contributed by atoms with van der Waals surface area (Å²) in [6.07, 6.45) is 31.4. The van der Waals surface area contributed by atoms with Crippen molar-refractivity contribution in [1.29, 1.82) is 0 Å². The van der Waals surface area contributed by atoms with Crippen molar-refractivity contribution < 1.29 is 19.4 Å². The van der Waals surface area contributed by atoms with Gasteiger partial charge in [0, 0.05) is 13.0 Å². The van der Waals surface area contributed by atoms with E-state index >= 15 is 0 Å². The first-order valence-electron chi connectivity index (χ1n) is 13.2. The lowest BCUT2D eigenvalue weighted by Gasteiger charge is -2.15. The van der Waals surface area contributed by atoms with E-state index in [9.17, 15) is 9.90 Å². The van der Waals surface area contributed by atoms with E-state index in [1.807, 2.05) is 0 Å². The van der Waals surface area contributed by atoms with Crippen LogP contribution in [0.25, 0.3) is 0 Å². The molecule has 0 aliphatic heterocycles. The summed E-state index contributed by atoms with van der Waals surface area (Å²) in [6, 6.07) is 0. The minimum absolute atomic E-state index is 0.190. The average molecular weight is 463 g/mol. The second kappa shape index (κ2) is 26.6. The SMILES string of the molecule is CC/C=C\C/C=C\C/C=C\C/C=C\CCCCC(=O)OC(CO)COCCCCCCCC. The van der Waals surface area contributed by atoms with Crippen LogP contribution in [0.3, 0.4) is 0 Å². The van der Waals surface area contributed by atoms with E-state index in [2.05, 4.69) is 62.5 Å². The maximum atomic E-state index is 12.0. The molecule has 0 radical (unpaired) electrons. The number of unbranched alkanes of at least 4 members (excludes halogenated alkanes) is 7. The number of hydrogen-bond donors (Lipinski definition) is 1. The van der Waals surface area contributed by atoms with E-state index in [4.69, 9.17) is 9.47 Å². The molecule has 0 bridgehead atoms. The Kier molecular flexibility index (Phi) is 25.3. The smallest absolute Gasteiger partial charge is 0.306 e. The Labute approximate surface area is 203 Å². The lowest BCUT2D eigenvalue weighted by Crippen LogP contribution is -2.27. The lowest BCUT2D eigenvalue weighted by molar-refractivity contribution is -0.154. The molecule has 0 saturated carbocycles. The fraction of sp³-hybridized carbons (Fsp3) is 0.690. The van der Waals surface area contributed by atoms with E-state index < -0.39 is 6.10 Å². The van der Waals surface area contributed by atoms with Gasteiger partial charge in [0.2, 0.25) is 0 Å². The topological polar surface area (TPSA) is 55.8 Å². The van der Waals surface area contributed by atoms with Crippen LogP contribution in [0.5, 0.6) is 0 Å². The molecule has 1 N–H and O–H groups in total. The summed E-state index contributed by atoms with van der Waals surface area (Å²) in [7, 11) is 0. The molecule has 1 atom stereocenters. The van der Waals surface area contributed by atoms with E-state index in [1.165, 1.54) is 32.1 Å². The fourth-order valence-electron chi connectivity index (χ4n) is 3.20. The first-order chi connectivity index (χ1) is 16.2. The predicted octanol–water partition coefficient (Wildman–Crippen LogP) is 7.63. The minimum atomic E-state index is -0.549. The van der Waals surface area contributed by atoms with E-state index in [0.717, 1.165) is 51.4 Å². The van der Waals surface area contributed by atoms with Crippen LogP contribution < -0.4 is 0 Å². The Morgan fingerprint density at radius 2 is 1.36 bits per heavy atom. The molecule has 4 nitrogen and oxygen atoms in total. The molecule has 0 aromatic rings. The molecule has 0 aromatic carbocycles. The van der Waals surface area contributed by atoms with Crippen LogP contribution >= 0.6 is 0 Å². The van der Waals surface area contributed by atoms with Crippen LogP contribution in [-0.2, 0) is 14.3 Å². The van der Waals surface area contributed by atoms with Crippen LogP contribution in [0.2, 0.25) is 0 Å². The normalized spacial score (nSPS) is 13.2. The Morgan fingerprint density at radius 3 is 2.00 bits per heavy atom. The third kappa shape index (κ3) is 24.8. The Bertz CT molecular complexity index is 534. The van der Waals surface area contributed by atoms with Gasteiger partial charge in [-0.3, -0.25) is 4.79 Å². The van der Waals surface area contributed by atoms with Crippen LogP contribution in [-0.4, -0.2) is 37.0 Å². The molecule has 0 aliphatic rings. The molecule has 0 spiro atoms. The molecule has 0 fully saturated rings. The van der Waals surface area contributed by atoms with Crippen molar-refractivity contribution in [2.24, 2.45) is 0 Å². The van der Waals surface area contributed by atoms with Crippen LogP contribution in [0.15, 0.2) is 48.6 Å². The van der Waals surface area contributed by atoms with Crippen LogP contribution in [0.1, 0.15) is 104 Å². The molecule has 1 unspecified atom stereocenters. The predicted molar refractivity (Wildman–Crippen MR) is 140 cm³/mol. The molecule has 4 heteroatoms. The second-order valence-electron chi connectivity index (χ2n) is 8.38. The molecular weight excluding hydrogens is 412 g/mol. The summed E-state index contributed by atoms with van der Waals surface area (Å²) in [5.74, 6) is -0.248. The third-order valence-corrected chi connectivity index (χ3v) is 5.17. The highest BCUT2D eigenvalue weighted by molar-refractivity contribution is 5.69. The van der Waals surface area contributed by atoms with Gasteiger partial charge in [0.1, 0.15) is 6.10 Å². The molecule has 0 heterocycles. The Morgan fingerprint density at radius 1 is 0.758 bits per heavy atom. The van der Waals surface area contributed by atoms with Gasteiger partial charge in [0.25, 0.3) is 0 Å². The lowest BCUT2D eigenvalue weighted by atomic mass is 10.1. The van der Waals surface area contributed by atoms with E-state index in [0.29, 0.717) is 13.0 Å². The molecule has 0 amide bonds. The van der Waals surface area contributed by atoms with Crippen molar-refractivity contribution in [3.63, 3.8) is 0 Å².